The standard InChI is InChI=1S/C21H18N2O7/c1-20(26)11-10-16(23(29)30)17(12-6-8-13(9-7-12)22(27)28)21(20)18(24)14-4-2-3-5-15(14)19(21)25/h2-9,16-17,26H,10-11H2,1H3/t16-,17+,20+/m0/s1. The highest BCUT2D eigenvalue weighted by Crippen LogP contribution is 2.59. The fourth-order valence-corrected chi connectivity index (χ4v) is 5.10. The van der Waals surface area contributed by atoms with Gasteiger partial charge in [-0.25, -0.2) is 0 Å². The maximum Gasteiger partial charge on any atom is 0.269 e. The molecule has 0 bridgehead atoms. The van der Waals surface area contributed by atoms with Crippen molar-refractivity contribution < 1.29 is 24.5 Å². The molecule has 1 spiro atoms. The molecule has 9 heteroatoms. The van der Waals surface area contributed by atoms with Gasteiger partial charge in [0.25, 0.3) is 5.69 Å². The number of carbonyl (C=O) groups excluding carboxylic acids is 2. The molecule has 0 aliphatic heterocycles. The quantitative estimate of drug-likeness (QED) is 0.466. The number of fused-ring (bicyclic) bond motifs is 1. The van der Waals surface area contributed by atoms with Crippen molar-refractivity contribution in [3.63, 3.8) is 0 Å². The number of nitro benzene ring substituents is 1. The number of benzene rings is 2. The van der Waals surface area contributed by atoms with Crippen molar-refractivity contribution in [3.05, 3.63) is 85.4 Å². The molecule has 9 nitrogen and oxygen atoms in total. The lowest BCUT2D eigenvalue weighted by Crippen LogP contribution is -2.63. The molecule has 1 fully saturated rings. The summed E-state index contributed by atoms with van der Waals surface area (Å²) < 4.78 is 0. The van der Waals surface area contributed by atoms with E-state index in [9.17, 15) is 34.9 Å². The maximum atomic E-state index is 13.6. The number of aliphatic hydroxyl groups is 1. The molecule has 154 valence electrons. The van der Waals surface area contributed by atoms with Gasteiger partial charge in [-0.1, -0.05) is 36.4 Å². The van der Waals surface area contributed by atoms with Crippen LogP contribution in [-0.2, 0) is 0 Å². The predicted octanol–water partition coefficient (Wildman–Crippen LogP) is 2.93. The van der Waals surface area contributed by atoms with Crippen LogP contribution < -0.4 is 0 Å². The van der Waals surface area contributed by atoms with Gasteiger partial charge in [-0.05, 0) is 18.9 Å². The summed E-state index contributed by atoms with van der Waals surface area (Å²) in [5.74, 6) is -2.57. The number of Topliss-reactive ketones (excluding diaryl/α,β-unsaturated/α-hetero) is 2. The molecule has 0 aromatic heterocycles. The highest BCUT2D eigenvalue weighted by atomic mass is 16.6. The van der Waals surface area contributed by atoms with Gasteiger partial charge < -0.3 is 5.11 Å². The third-order valence-corrected chi connectivity index (χ3v) is 6.49. The molecule has 2 aromatic carbocycles. The van der Waals surface area contributed by atoms with Crippen LogP contribution in [0.3, 0.4) is 0 Å². The molecule has 3 atom stereocenters. The summed E-state index contributed by atoms with van der Waals surface area (Å²) in [4.78, 5) is 49.0. The van der Waals surface area contributed by atoms with E-state index in [-0.39, 0.29) is 35.2 Å². The lowest BCUT2D eigenvalue weighted by Gasteiger charge is -2.49. The van der Waals surface area contributed by atoms with Gasteiger partial charge in [0.1, 0.15) is 5.41 Å². The smallest absolute Gasteiger partial charge is 0.269 e. The lowest BCUT2D eigenvalue weighted by molar-refractivity contribution is -0.535. The molecule has 2 aliphatic carbocycles. The van der Waals surface area contributed by atoms with Crippen LogP contribution in [0.2, 0.25) is 0 Å². The van der Waals surface area contributed by atoms with Gasteiger partial charge >= 0.3 is 0 Å². The van der Waals surface area contributed by atoms with Gasteiger partial charge in [-0.3, -0.25) is 29.8 Å². The summed E-state index contributed by atoms with van der Waals surface area (Å²) in [5, 5.41) is 34.3. The Hall–Kier alpha value is -3.46. The normalized spacial score (nSPS) is 27.1. The molecule has 30 heavy (non-hydrogen) atoms. The number of carbonyl (C=O) groups is 2. The topological polar surface area (TPSA) is 141 Å². The Morgan fingerprint density at radius 1 is 0.967 bits per heavy atom. The number of nitro groups is 2. The van der Waals surface area contributed by atoms with E-state index in [0.717, 1.165) is 0 Å². The van der Waals surface area contributed by atoms with E-state index in [1.807, 2.05) is 0 Å². The number of non-ortho nitro benzene ring substituents is 1. The molecule has 0 unspecified atom stereocenters. The van der Waals surface area contributed by atoms with Gasteiger partial charge in [-0.2, -0.15) is 0 Å². The molecule has 0 heterocycles. The molecule has 0 radical (unpaired) electrons. The van der Waals surface area contributed by atoms with Crippen LogP contribution in [-0.4, -0.2) is 38.2 Å². The van der Waals surface area contributed by atoms with E-state index in [0.29, 0.717) is 0 Å². The van der Waals surface area contributed by atoms with Gasteiger partial charge in [0.15, 0.2) is 11.6 Å². The Kier molecular flexibility index (Phi) is 4.32. The third kappa shape index (κ3) is 2.45. The second-order valence-electron chi connectivity index (χ2n) is 8.00. The number of hydrogen-bond acceptors (Lipinski definition) is 7. The van der Waals surface area contributed by atoms with Crippen molar-refractivity contribution in [2.24, 2.45) is 5.41 Å². The largest absolute Gasteiger partial charge is 0.389 e. The van der Waals surface area contributed by atoms with Crippen LogP contribution in [0.25, 0.3) is 0 Å². The minimum atomic E-state index is -2.08. The van der Waals surface area contributed by atoms with Crippen molar-refractivity contribution in [1.29, 1.82) is 0 Å². The summed E-state index contributed by atoms with van der Waals surface area (Å²) in [6.45, 7) is 1.36. The van der Waals surface area contributed by atoms with E-state index in [1.165, 1.54) is 43.3 Å². The summed E-state index contributed by atoms with van der Waals surface area (Å²) >= 11 is 0. The van der Waals surface area contributed by atoms with Crippen LogP contribution in [0.5, 0.6) is 0 Å². The van der Waals surface area contributed by atoms with Gasteiger partial charge in [0.2, 0.25) is 6.04 Å². The Morgan fingerprint density at radius 3 is 1.97 bits per heavy atom. The molecule has 2 aliphatic rings. The SMILES string of the molecule is C[C@@]1(O)CC[C@H]([N+](=O)[O-])[C@@H](c2ccc([N+](=O)[O-])cc2)C12C(=O)c1ccccc1C2=O. The van der Waals surface area contributed by atoms with E-state index >= 15 is 0 Å². The monoisotopic (exact) mass is 410 g/mol. The summed E-state index contributed by atoms with van der Waals surface area (Å²) in [5.41, 5.74) is -3.66. The molecule has 2 aromatic rings. The lowest BCUT2D eigenvalue weighted by atomic mass is 9.52. The van der Waals surface area contributed by atoms with Crippen molar-refractivity contribution in [2.75, 3.05) is 0 Å². The average molecular weight is 410 g/mol. The van der Waals surface area contributed by atoms with Gasteiger partial charge in [0, 0.05) is 34.6 Å². The van der Waals surface area contributed by atoms with Crippen molar-refractivity contribution in [1.82, 2.24) is 0 Å². The highest BCUT2D eigenvalue weighted by molar-refractivity contribution is 6.31. The average Bonchev–Trinajstić information content (AvgIpc) is 2.93. The Balaban J connectivity index is 1.99. The Morgan fingerprint density at radius 2 is 1.50 bits per heavy atom. The predicted molar refractivity (Wildman–Crippen MR) is 104 cm³/mol. The highest BCUT2D eigenvalue weighted by Gasteiger charge is 2.72. The van der Waals surface area contributed by atoms with Gasteiger partial charge in [0.05, 0.1) is 16.4 Å². The molecule has 0 amide bonds. The summed E-state index contributed by atoms with van der Waals surface area (Å²) in [6.07, 6.45) is -0.145. The number of hydrogen-bond donors (Lipinski definition) is 1. The van der Waals surface area contributed by atoms with Crippen LogP contribution >= 0.6 is 0 Å². The van der Waals surface area contributed by atoms with Gasteiger partial charge in [-0.15, -0.1) is 0 Å². The number of ketones is 2. The summed E-state index contributed by atoms with van der Waals surface area (Å²) in [7, 11) is 0. The van der Waals surface area contributed by atoms with Crippen LogP contribution in [0.4, 0.5) is 5.69 Å². The zero-order valence-corrected chi connectivity index (χ0v) is 16.0. The molecular formula is C21H18N2O7. The van der Waals surface area contributed by atoms with E-state index in [4.69, 9.17) is 0 Å². The van der Waals surface area contributed by atoms with Crippen molar-refractivity contribution in [2.45, 2.75) is 37.3 Å². The van der Waals surface area contributed by atoms with Crippen LogP contribution in [0, 0.1) is 25.6 Å². The Labute approximate surface area is 170 Å². The zero-order chi connectivity index (χ0) is 21.8. The maximum absolute atomic E-state index is 13.6. The molecular weight excluding hydrogens is 392 g/mol. The summed E-state index contributed by atoms with van der Waals surface area (Å²) in [6, 6.07) is 9.83. The van der Waals surface area contributed by atoms with Crippen LogP contribution in [0.15, 0.2) is 48.5 Å². The molecule has 1 N–H and O–H groups in total. The van der Waals surface area contributed by atoms with E-state index in [2.05, 4.69) is 0 Å². The van der Waals surface area contributed by atoms with E-state index < -0.39 is 44.4 Å². The zero-order valence-electron chi connectivity index (χ0n) is 16.0. The Bertz CT molecular complexity index is 1060. The fraction of sp³-hybridized carbons (Fsp3) is 0.333. The molecule has 4 rings (SSSR count). The van der Waals surface area contributed by atoms with Crippen molar-refractivity contribution >= 4 is 17.3 Å². The van der Waals surface area contributed by atoms with Crippen molar-refractivity contribution in [3.8, 4) is 0 Å². The van der Waals surface area contributed by atoms with E-state index in [1.54, 1.807) is 12.1 Å². The third-order valence-electron chi connectivity index (χ3n) is 6.49. The molecule has 0 saturated heterocycles. The first-order chi connectivity index (χ1) is 14.1. The fourth-order valence-electron chi connectivity index (χ4n) is 5.10. The molecule has 1 saturated carbocycles. The minimum Gasteiger partial charge on any atom is -0.389 e. The second-order valence-corrected chi connectivity index (χ2v) is 8.00. The second kappa shape index (κ2) is 6.53. The first kappa shape index (κ1) is 19.8. The number of rotatable bonds is 3. The first-order valence-electron chi connectivity index (χ1n) is 9.42. The minimum absolute atomic E-state index is 0.0414. The van der Waals surface area contributed by atoms with Crippen LogP contribution in [0.1, 0.15) is 52.0 Å². The number of nitrogens with zero attached hydrogens (tertiary/aromatic N) is 2. The first-order valence-corrected chi connectivity index (χ1v) is 9.42.